The molecule has 22 heavy (non-hydrogen) atoms. The van der Waals surface area contributed by atoms with Crippen LogP contribution in [0, 0.1) is 6.92 Å². The van der Waals surface area contributed by atoms with E-state index in [0.717, 1.165) is 17.7 Å². The van der Waals surface area contributed by atoms with Crippen molar-refractivity contribution in [1.29, 1.82) is 0 Å². The lowest BCUT2D eigenvalue weighted by atomic mass is 10.1. The van der Waals surface area contributed by atoms with Crippen molar-refractivity contribution < 1.29 is 0 Å². The Morgan fingerprint density at radius 3 is 2.41 bits per heavy atom. The maximum absolute atomic E-state index is 4.26. The Kier molecular flexibility index (Phi) is 5.01. The number of aryl methyl sites for hydroxylation is 2. The summed E-state index contributed by atoms with van der Waals surface area (Å²) in [6.45, 7) is 5.80. The molecule has 0 atom stereocenters. The van der Waals surface area contributed by atoms with E-state index in [-0.39, 0.29) is 0 Å². The van der Waals surface area contributed by atoms with Gasteiger partial charge in [-0.15, -0.1) is 0 Å². The Morgan fingerprint density at radius 2 is 1.73 bits per heavy atom. The number of hydrogen-bond acceptors (Lipinski definition) is 4. The monoisotopic (exact) mass is 296 g/mol. The van der Waals surface area contributed by atoms with Gasteiger partial charge in [-0.25, -0.2) is 9.97 Å². The number of anilines is 2. The van der Waals surface area contributed by atoms with Gasteiger partial charge in [-0.05, 0) is 75.5 Å². The third kappa shape index (κ3) is 4.28. The molecule has 0 aliphatic carbocycles. The van der Waals surface area contributed by atoms with Crippen LogP contribution < -0.4 is 5.32 Å². The van der Waals surface area contributed by atoms with Gasteiger partial charge in [-0.1, -0.05) is 12.1 Å². The molecular weight excluding hydrogens is 272 g/mol. The normalized spacial score (nSPS) is 15.1. The first-order valence-electron chi connectivity index (χ1n) is 8.16. The smallest absolute Gasteiger partial charge is 0.227 e. The average Bonchev–Trinajstić information content (AvgIpc) is 3.05. The highest BCUT2D eigenvalue weighted by Crippen LogP contribution is 2.15. The van der Waals surface area contributed by atoms with Gasteiger partial charge in [0, 0.05) is 18.1 Å². The number of likely N-dealkylation sites (tertiary alicyclic amines) is 1. The van der Waals surface area contributed by atoms with Crippen molar-refractivity contribution >= 4 is 11.6 Å². The third-order valence-electron chi connectivity index (χ3n) is 4.13. The molecule has 4 nitrogen and oxygen atoms in total. The first-order chi connectivity index (χ1) is 10.8. The number of aromatic nitrogens is 2. The molecule has 2 heterocycles. The second kappa shape index (κ2) is 7.36. The molecule has 1 aliphatic rings. The summed E-state index contributed by atoms with van der Waals surface area (Å²) >= 11 is 0. The van der Waals surface area contributed by atoms with Crippen LogP contribution in [0.5, 0.6) is 0 Å². The van der Waals surface area contributed by atoms with Crippen LogP contribution in [-0.2, 0) is 6.42 Å². The molecule has 0 radical (unpaired) electrons. The largest absolute Gasteiger partial charge is 0.324 e. The fourth-order valence-corrected chi connectivity index (χ4v) is 2.85. The quantitative estimate of drug-likeness (QED) is 0.885. The summed E-state index contributed by atoms with van der Waals surface area (Å²) in [4.78, 5) is 11.1. The van der Waals surface area contributed by atoms with E-state index < -0.39 is 0 Å². The first kappa shape index (κ1) is 15.0. The van der Waals surface area contributed by atoms with Crippen LogP contribution in [0.4, 0.5) is 11.6 Å². The van der Waals surface area contributed by atoms with Crippen molar-refractivity contribution in [2.45, 2.75) is 32.6 Å². The molecule has 0 amide bonds. The van der Waals surface area contributed by atoms with Gasteiger partial charge in [0.25, 0.3) is 0 Å². The molecule has 2 aromatic rings. The fraction of sp³-hybridized carbons (Fsp3) is 0.444. The molecule has 1 N–H and O–H groups in total. The van der Waals surface area contributed by atoms with Crippen molar-refractivity contribution in [2.75, 3.05) is 25.0 Å². The minimum atomic E-state index is 0.646. The number of nitrogens with zero attached hydrogens (tertiary/aromatic N) is 3. The lowest BCUT2D eigenvalue weighted by molar-refractivity contribution is 0.334. The van der Waals surface area contributed by atoms with Crippen LogP contribution in [0.2, 0.25) is 0 Å². The Morgan fingerprint density at radius 1 is 1.05 bits per heavy atom. The van der Waals surface area contributed by atoms with Crippen molar-refractivity contribution in [3.8, 4) is 0 Å². The summed E-state index contributed by atoms with van der Waals surface area (Å²) in [6, 6.07) is 8.60. The zero-order chi connectivity index (χ0) is 15.2. The van der Waals surface area contributed by atoms with Crippen molar-refractivity contribution in [2.24, 2.45) is 0 Å². The minimum absolute atomic E-state index is 0.646. The predicted molar refractivity (Wildman–Crippen MR) is 90.5 cm³/mol. The van der Waals surface area contributed by atoms with Crippen LogP contribution in [0.3, 0.4) is 0 Å². The molecule has 116 valence electrons. The Bertz CT molecular complexity index is 571. The number of nitrogens with one attached hydrogen (secondary N) is 1. The SMILES string of the molecule is Cc1cnc(Nc2ccc(CCCN3CCCC3)cc2)nc1. The van der Waals surface area contributed by atoms with E-state index in [1.54, 1.807) is 0 Å². The molecule has 1 aromatic carbocycles. The van der Waals surface area contributed by atoms with E-state index in [4.69, 9.17) is 0 Å². The van der Waals surface area contributed by atoms with Gasteiger partial charge in [0.15, 0.2) is 0 Å². The van der Waals surface area contributed by atoms with E-state index in [1.165, 1.54) is 44.5 Å². The van der Waals surface area contributed by atoms with E-state index >= 15 is 0 Å². The zero-order valence-electron chi connectivity index (χ0n) is 13.3. The van der Waals surface area contributed by atoms with Crippen LogP contribution in [0.1, 0.15) is 30.4 Å². The lowest BCUT2D eigenvalue weighted by Crippen LogP contribution is -2.20. The van der Waals surface area contributed by atoms with E-state index in [9.17, 15) is 0 Å². The van der Waals surface area contributed by atoms with Gasteiger partial charge in [0.2, 0.25) is 5.95 Å². The van der Waals surface area contributed by atoms with Gasteiger partial charge in [0.05, 0.1) is 0 Å². The molecule has 0 unspecified atom stereocenters. The van der Waals surface area contributed by atoms with Crippen LogP contribution in [0.25, 0.3) is 0 Å². The molecular formula is C18H24N4. The molecule has 1 aliphatic heterocycles. The van der Waals surface area contributed by atoms with E-state index in [2.05, 4.69) is 44.5 Å². The van der Waals surface area contributed by atoms with Gasteiger partial charge in [-0.2, -0.15) is 0 Å². The van der Waals surface area contributed by atoms with Crippen molar-refractivity contribution in [3.05, 3.63) is 47.8 Å². The van der Waals surface area contributed by atoms with Gasteiger partial charge in [0.1, 0.15) is 0 Å². The predicted octanol–water partition coefficient (Wildman–Crippen LogP) is 3.56. The highest BCUT2D eigenvalue weighted by Gasteiger charge is 2.10. The molecule has 4 heteroatoms. The molecule has 0 spiro atoms. The summed E-state index contributed by atoms with van der Waals surface area (Å²) in [5, 5.41) is 3.23. The summed E-state index contributed by atoms with van der Waals surface area (Å²) < 4.78 is 0. The summed E-state index contributed by atoms with van der Waals surface area (Å²) in [5.74, 6) is 0.646. The number of rotatable bonds is 6. The second-order valence-electron chi connectivity index (χ2n) is 6.06. The molecule has 1 fully saturated rings. The van der Waals surface area contributed by atoms with Crippen LogP contribution in [0.15, 0.2) is 36.7 Å². The maximum Gasteiger partial charge on any atom is 0.227 e. The Balaban J connectivity index is 1.48. The van der Waals surface area contributed by atoms with Crippen molar-refractivity contribution in [1.82, 2.24) is 14.9 Å². The number of benzene rings is 1. The van der Waals surface area contributed by atoms with Crippen molar-refractivity contribution in [3.63, 3.8) is 0 Å². The summed E-state index contributed by atoms with van der Waals surface area (Å²) in [7, 11) is 0. The lowest BCUT2D eigenvalue weighted by Gasteiger charge is -2.14. The summed E-state index contributed by atoms with van der Waals surface area (Å²) in [5.41, 5.74) is 3.50. The molecule has 1 aromatic heterocycles. The van der Waals surface area contributed by atoms with Crippen LogP contribution in [-0.4, -0.2) is 34.5 Å². The zero-order valence-corrected chi connectivity index (χ0v) is 13.3. The summed E-state index contributed by atoms with van der Waals surface area (Å²) in [6.07, 6.45) is 8.79. The molecule has 3 rings (SSSR count). The Hall–Kier alpha value is -1.94. The van der Waals surface area contributed by atoms with Gasteiger partial charge < -0.3 is 10.2 Å². The van der Waals surface area contributed by atoms with E-state index in [1.807, 2.05) is 19.3 Å². The topological polar surface area (TPSA) is 41.1 Å². The van der Waals surface area contributed by atoms with Gasteiger partial charge in [-0.3, -0.25) is 0 Å². The van der Waals surface area contributed by atoms with Crippen LogP contribution >= 0.6 is 0 Å². The minimum Gasteiger partial charge on any atom is -0.324 e. The maximum atomic E-state index is 4.26. The standard InChI is InChI=1S/C18H24N4/c1-15-13-19-18(20-14-15)21-17-8-6-16(7-9-17)5-4-12-22-10-2-3-11-22/h6-9,13-14H,2-5,10-12H2,1H3,(H,19,20,21). The Labute approximate surface area is 132 Å². The van der Waals surface area contributed by atoms with Gasteiger partial charge >= 0.3 is 0 Å². The molecule has 1 saturated heterocycles. The average molecular weight is 296 g/mol. The highest BCUT2D eigenvalue weighted by molar-refractivity contribution is 5.53. The fourth-order valence-electron chi connectivity index (χ4n) is 2.85. The molecule has 0 bridgehead atoms. The molecule has 0 saturated carbocycles. The van der Waals surface area contributed by atoms with E-state index in [0.29, 0.717) is 5.95 Å². The second-order valence-corrected chi connectivity index (χ2v) is 6.06. The highest BCUT2D eigenvalue weighted by atomic mass is 15.1. The third-order valence-corrected chi connectivity index (χ3v) is 4.13. The first-order valence-corrected chi connectivity index (χ1v) is 8.16. The number of hydrogen-bond donors (Lipinski definition) is 1.